The Bertz CT molecular complexity index is 615. The van der Waals surface area contributed by atoms with Gasteiger partial charge < -0.3 is 5.32 Å². The molecule has 1 fully saturated rings. The molecule has 21 heavy (non-hydrogen) atoms. The molecule has 1 aliphatic heterocycles. The van der Waals surface area contributed by atoms with Crippen LogP contribution in [0, 0.1) is 13.8 Å². The van der Waals surface area contributed by atoms with Crippen molar-refractivity contribution in [2.24, 2.45) is 0 Å². The lowest BCUT2D eigenvalue weighted by Crippen LogP contribution is -2.26. The van der Waals surface area contributed by atoms with Gasteiger partial charge in [-0.25, -0.2) is 0 Å². The van der Waals surface area contributed by atoms with E-state index in [9.17, 15) is 0 Å². The van der Waals surface area contributed by atoms with Gasteiger partial charge in [-0.3, -0.25) is 0 Å². The molecule has 0 bridgehead atoms. The molecule has 0 aromatic heterocycles. The van der Waals surface area contributed by atoms with Crippen LogP contribution in [-0.4, -0.2) is 13.1 Å². The molecule has 2 heteroatoms. The standard InChI is InChI=1S/C19H23NS/c1-14-6-5-9-18(15(14)2)21-19-8-4-3-7-17(19)16-10-12-20-13-11-16/h3-9,16,20H,10-13H2,1-2H3. The maximum Gasteiger partial charge on any atom is 0.0157 e. The number of hydrogen-bond acceptors (Lipinski definition) is 2. The first-order chi connectivity index (χ1) is 10.3. The van der Waals surface area contributed by atoms with Gasteiger partial charge in [0.2, 0.25) is 0 Å². The lowest BCUT2D eigenvalue weighted by atomic mass is 9.90. The molecule has 0 radical (unpaired) electrons. The normalized spacial score (nSPS) is 16.1. The second kappa shape index (κ2) is 6.67. The summed E-state index contributed by atoms with van der Waals surface area (Å²) in [5, 5.41) is 3.46. The summed E-state index contributed by atoms with van der Waals surface area (Å²) in [6.07, 6.45) is 2.51. The first-order valence-corrected chi connectivity index (χ1v) is 8.61. The third-order valence-electron chi connectivity index (χ3n) is 4.47. The number of benzene rings is 2. The number of piperidine rings is 1. The van der Waals surface area contributed by atoms with E-state index in [2.05, 4.69) is 61.6 Å². The first-order valence-electron chi connectivity index (χ1n) is 7.79. The second-order valence-corrected chi connectivity index (χ2v) is 6.95. The maximum absolute atomic E-state index is 3.46. The summed E-state index contributed by atoms with van der Waals surface area (Å²) in [6, 6.07) is 15.6. The Morgan fingerprint density at radius 3 is 2.43 bits per heavy atom. The molecule has 2 aromatic rings. The highest BCUT2D eigenvalue weighted by molar-refractivity contribution is 7.99. The fourth-order valence-electron chi connectivity index (χ4n) is 3.00. The molecule has 1 heterocycles. The molecular weight excluding hydrogens is 274 g/mol. The van der Waals surface area contributed by atoms with Crippen molar-refractivity contribution in [1.29, 1.82) is 0 Å². The Kier molecular flexibility index (Phi) is 4.67. The molecule has 0 amide bonds. The van der Waals surface area contributed by atoms with E-state index in [0.717, 1.165) is 13.1 Å². The predicted octanol–water partition coefficient (Wildman–Crippen LogP) is 4.92. The van der Waals surface area contributed by atoms with E-state index in [1.54, 1.807) is 0 Å². The average Bonchev–Trinajstić information content (AvgIpc) is 2.53. The van der Waals surface area contributed by atoms with Crippen LogP contribution in [0.5, 0.6) is 0 Å². The third kappa shape index (κ3) is 3.33. The molecule has 0 spiro atoms. The highest BCUT2D eigenvalue weighted by atomic mass is 32.2. The van der Waals surface area contributed by atoms with Gasteiger partial charge >= 0.3 is 0 Å². The van der Waals surface area contributed by atoms with Crippen molar-refractivity contribution < 1.29 is 0 Å². The molecule has 1 aliphatic rings. The number of rotatable bonds is 3. The maximum atomic E-state index is 3.46. The summed E-state index contributed by atoms with van der Waals surface area (Å²) in [7, 11) is 0. The van der Waals surface area contributed by atoms with Gasteiger partial charge in [0.15, 0.2) is 0 Å². The van der Waals surface area contributed by atoms with Crippen LogP contribution in [0.1, 0.15) is 35.4 Å². The largest absolute Gasteiger partial charge is 0.317 e. The lowest BCUT2D eigenvalue weighted by molar-refractivity contribution is 0.456. The zero-order valence-electron chi connectivity index (χ0n) is 12.9. The van der Waals surface area contributed by atoms with Crippen LogP contribution >= 0.6 is 11.8 Å². The molecule has 1 saturated heterocycles. The zero-order chi connectivity index (χ0) is 14.7. The van der Waals surface area contributed by atoms with Crippen molar-refractivity contribution in [3.63, 3.8) is 0 Å². The SMILES string of the molecule is Cc1cccc(Sc2ccccc2C2CCNCC2)c1C. The van der Waals surface area contributed by atoms with Crippen LogP contribution < -0.4 is 5.32 Å². The van der Waals surface area contributed by atoms with E-state index in [1.165, 1.54) is 39.3 Å². The lowest BCUT2D eigenvalue weighted by Gasteiger charge is -2.25. The van der Waals surface area contributed by atoms with Crippen molar-refractivity contribution in [2.45, 2.75) is 42.4 Å². The minimum Gasteiger partial charge on any atom is -0.317 e. The molecule has 1 N–H and O–H groups in total. The summed E-state index contributed by atoms with van der Waals surface area (Å²) in [6.45, 7) is 6.71. The van der Waals surface area contributed by atoms with Gasteiger partial charge in [-0.05, 0) is 74.5 Å². The fourth-order valence-corrected chi connectivity index (χ4v) is 4.19. The van der Waals surface area contributed by atoms with E-state index in [-0.39, 0.29) is 0 Å². The summed E-state index contributed by atoms with van der Waals surface area (Å²) >= 11 is 1.93. The van der Waals surface area contributed by atoms with Crippen LogP contribution in [-0.2, 0) is 0 Å². The molecule has 0 saturated carbocycles. The van der Waals surface area contributed by atoms with Gasteiger partial charge in [0, 0.05) is 9.79 Å². The number of aryl methyl sites for hydroxylation is 1. The summed E-state index contributed by atoms with van der Waals surface area (Å²) in [4.78, 5) is 2.81. The topological polar surface area (TPSA) is 12.0 Å². The molecular formula is C19H23NS. The van der Waals surface area contributed by atoms with Crippen LogP contribution in [0.15, 0.2) is 52.3 Å². The minimum absolute atomic E-state index is 0.708. The summed E-state index contributed by atoms with van der Waals surface area (Å²) in [5.41, 5.74) is 4.31. The summed E-state index contributed by atoms with van der Waals surface area (Å²) in [5.74, 6) is 0.708. The molecule has 0 aliphatic carbocycles. The summed E-state index contributed by atoms with van der Waals surface area (Å²) < 4.78 is 0. The molecule has 3 rings (SSSR count). The van der Waals surface area contributed by atoms with Crippen molar-refractivity contribution in [1.82, 2.24) is 5.32 Å². The smallest absolute Gasteiger partial charge is 0.0157 e. The Morgan fingerprint density at radius 2 is 1.62 bits per heavy atom. The average molecular weight is 297 g/mol. The monoisotopic (exact) mass is 297 g/mol. The molecule has 0 atom stereocenters. The quantitative estimate of drug-likeness (QED) is 0.863. The van der Waals surface area contributed by atoms with Gasteiger partial charge in [-0.2, -0.15) is 0 Å². The van der Waals surface area contributed by atoms with Crippen molar-refractivity contribution in [3.05, 3.63) is 59.2 Å². The van der Waals surface area contributed by atoms with Crippen molar-refractivity contribution >= 4 is 11.8 Å². The van der Waals surface area contributed by atoms with Gasteiger partial charge in [-0.15, -0.1) is 0 Å². The Hall–Kier alpha value is -1.25. The van der Waals surface area contributed by atoms with Crippen LogP contribution in [0.4, 0.5) is 0 Å². The van der Waals surface area contributed by atoms with Gasteiger partial charge in [0.1, 0.15) is 0 Å². The number of nitrogens with one attached hydrogen (secondary N) is 1. The van der Waals surface area contributed by atoms with Crippen LogP contribution in [0.2, 0.25) is 0 Å². The van der Waals surface area contributed by atoms with Crippen molar-refractivity contribution in [2.75, 3.05) is 13.1 Å². The molecule has 110 valence electrons. The zero-order valence-corrected chi connectivity index (χ0v) is 13.7. The van der Waals surface area contributed by atoms with E-state index in [1.807, 2.05) is 11.8 Å². The molecule has 1 nitrogen and oxygen atoms in total. The van der Waals surface area contributed by atoms with Crippen molar-refractivity contribution in [3.8, 4) is 0 Å². The van der Waals surface area contributed by atoms with Crippen LogP contribution in [0.25, 0.3) is 0 Å². The second-order valence-electron chi connectivity index (χ2n) is 5.86. The third-order valence-corrected chi connectivity index (χ3v) is 5.73. The highest BCUT2D eigenvalue weighted by Gasteiger charge is 2.18. The van der Waals surface area contributed by atoms with E-state index >= 15 is 0 Å². The first kappa shape index (κ1) is 14.7. The Labute approximate surface area is 132 Å². The Balaban J connectivity index is 1.90. The van der Waals surface area contributed by atoms with E-state index in [0.29, 0.717) is 5.92 Å². The predicted molar refractivity (Wildman–Crippen MR) is 91.3 cm³/mol. The number of hydrogen-bond donors (Lipinski definition) is 1. The van der Waals surface area contributed by atoms with E-state index in [4.69, 9.17) is 0 Å². The minimum atomic E-state index is 0.708. The van der Waals surface area contributed by atoms with Gasteiger partial charge in [-0.1, -0.05) is 42.1 Å². The van der Waals surface area contributed by atoms with E-state index < -0.39 is 0 Å². The van der Waals surface area contributed by atoms with Gasteiger partial charge in [0.25, 0.3) is 0 Å². The van der Waals surface area contributed by atoms with Crippen LogP contribution in [0.3, 0.4) is 0 Å². The Morgan fingerprint density at radius 1 is 0.905 bits per heavy atom. The highest BCUT2D eigenvalue weighted by Crippen LogP contribution is 2.38. The van der Waals surface area contributed by atoms with Gasteiger partial charge in [0.05, 0.1) is 0 Å². The molecule has 2 aromatic carbocycles. The fraction of sp³-hybridized carbons (Fsp3) is 0.368. The molecule has 0 unspecified atom stereocenters.